The maximum atomic E-state index is 12.3. The zero-order chi connectivity index (χ0) is 16.5. The molecule has 0 fully saturated rings. The van der Waals surface area contributed by atoms with Crippen LogP contribution in [0.2, 0.25) is 0 Å². The molecule has 0 aliphatic rings. The number of nitrogens with one attached hydrogen (secondary N) is 1. The van der Waals surface area contributed by atoms with Gasteiger partial charge in [-0.25, -0.2) is 8.42 Å². The Morgan fingerprint density at radius 3 is 2.09 bits per heavy atom. The van der Waals surface area contributed by atoms with Gasteiger partial charge in [0.1, 0.15) is 0 Å². The summed E-state index contributed by atoms with van der Waals surface area (Å²) < 4.78 is 23.5. The molecule has 0 aliphatic carbocycles. The molecule has 22 heavy (non-hydrogen) atoms. The van der Waals surface area contributed by atoms with Crippen LogP contribution in [-0.4, -0.2) is 20.6 Å². The summed E-state index contributed by atoms with van der Waals surface area (Å²) >= 11 is 0. The molecule has 1 amide bonds. The summed E-state index contributed by atoms with van der Waals surface area (Å²) in [6.45, 7) is 5.62. The van der Waals surface area contributed by atoms with Crippen LogP contribution >= 0.6 is 0 Å². The monoisotopic (exact) mass is 317 g/mol. The Morgan fingerprint density at radius 1 is 0.955 bits per heavy atom. The van der Waals surface area contributed by atoms with Gasteiger partial charge in [0.2, 0.25) is 0 Å². The predicted molar refractivity (Wildman–Crippen MR) is 88.2 cm³/mol. The van der Waals surface area contributed by atoms with E-state index < -0.39 is 9.84 Å². The van der Waals surface area contributed by atoms with Gasteiger partial charge in [-0.15, -0.1) is 0 Å². The molecule has 2 aromatic rings. The van der Waals surface area contributed by atoms with E-state index in [1.807, 2.05) is 32.0 Å². The Kier molecular flexibility index (Phi) is 4.37. The zero-order valence-electron chi connectivity index (χ0n) is 13.1. The fourth-order valence-corrected chi connectivity index (χ4v) is 3.38. The van der Waals surface area contributed by atoms with Crippen LogP contribution in [0.25, 0.3) is 0 Å². The summed E-state index contributed by atoms with van der Waals surface area (Å²) in [7, 11) is -3.36. The second kappa shape index (κ2) is 5.93. The number of rotatable bonds is 3. The van der Waals surface area contributed by atoms with E-state index in [9.17, 15) is 13.2 Å². The van der Waals surface area contributed by atoms with Crippen molar-refractivity contribution in [1.29, 1.82) is 0 Å². The van der Waals surface area contributed by atoms with Gasteiger partial charge < -0.3 is 5.32 Å². The van der Waals surface area contributed by atoms with E-state index in [1.165, 1.54) is 6.07 Å². The predicted octanol–water partition coefficient (Wildman–Crippen LogP) is 3.27. The van der Waals surface area contributed by atoms with Crippen molar-refractivity contribution < 1.29 is 13.2 Å². The Labute approximate surface area is 131 Å². The average molecular weight is 317 g/mol. The SMILES string of the molecule is Cc1cc(C)cc(NC(=O)c2ccc(C)c(S(C)(=O)=O)c2)c1. The second-order valence-corrected chi connectivity index (χ2v) is 7.57. The molecule has 0 atom stereocenters. The van der Waals surface area contributed by atoms with Crippen molar-refractivity contribution in [3.05, 3.63) is 58.7 Å². The molecule has 0 heterocycles. The molecule has 4 nitrogen and oxygen atoms in total. The molecule has 2 aromatic carbocycles. The molecule has 0 saturated carbocycles. The topological polar surface area (TPSA) is 63.2 Å². The number of hydrogen-bond acceptors (Lipinski definition) is 3. The van der Waals surface area contributed by atoms with E-state index in [1.54, 1.807) is 19.1 Å². The van der Waals surface area contributed by atoms with Gasteiger partial charge in [-0.1, -0.05) is 12.1 Å². The highest BCUT2D eigenvalue weighted by atomic mass is 32.2. The molecule has 0 bridgehead atoms. The molecule has 5 heteroatoms. The van der Waals surface area contributed by atoms with Gasteiger partial charge in [-0.05, 0) is 61.7 Å². The average Bonchev–Trinajstić information content (AvgIpc) is 2.36. The Balaban J connectivity index is 2.34. The van der Waals surface area contributed by atoms with Crippen LogP contribution in [0.3, 0.4) is 0 Å². The summed E-state index contributed by atoms with van der Waals surface area (Å²) in [6.07, 6.45) is 1.14. The number of sulfone groups is 1. The highest BCUT2D eigenvalue weighted by Crippen LogP contribution is 2.19. The van der Waals surface area contributed by atoms with Gasteiger partial charge in [0.25, 0.3) is 5.91 Å². The molecule has 116 valence electrons. The third-order valence-corrected chi connectivity index (χ3v) is 4.57. The van der Waals surface area contributed by atoms with E-state index in [2.05, 4.69) is 5.32 Å². The highest BCUT2D eigenvalue weighted by molar-refractivity contribution is 7.90. The van der Waals surface area contributed by atoms with Crippen molar-refractivity contribution in [3.8, 4) is 0 Å². The molecule has 0 radical (unpaired) electrons. The number of aryl methyl sites for hydroxylation is 3. The molecule has 2 rings (SSSR count). The second-order valence-electron chi connectivity index (χ2n) is 5.58. The maximum Gasteiger partial charge on any atom is 0.255 e. The van der Waals surface area contributed by atoms with Crippen LogP contribution in [-0.2, 0) is 9.84 Å². The number of carbonyl (C=O) groups is 1. The number of carbonyl (C=O) groups excluding carboxylic acids is 1. The van der Waals surface area contributed by atoms with E-state index in [0.717, 1.165) is 17.4 Å². The Morgan fingerprint density at radius 2 is 1.55 bits per heavy atom. The van der Waals surface area contributed by atoms with Crippen molar-refractivity contribution in [3.63, 3.8) is 0 Å². The van der Waals surface area contributed by atoms with Gasteiger partial charge >= 0.3 is 0 Å². The van der Waals surface area contributed by atoms with Crippen LogP contribution in [0.5, 0.6) is 0 Å². The summed E-state index contributed by atoms with van der Waals surface area (Å²) in [6, 6.07) is 10.5. The van der Waals surface area contributed by atoms with Gasteiger partial charge in [0.05, 0.1) is 4.90 Å². The summed E-state index contributed by atoms with van der Waals surface area (Å²) in [5.41, 5.74) is 3.76. The number of hydrogen-bond donors (Lipinski definition) is 1. The summed E-state index contributed by atoms with van der Waals surface area (Å²) in [5.74, 6) is -0.324. The number of anilines is 1. The van der Waals surface area contributed by atoms with Crippen molar-refractivity contribution in [2.24, 2.45) is 0 Å². The lowest BCUT2D eigenvalue weighted by Crippen LogP contribution is -2.13. The Hall–Kier alpha value is -2.14. The van der Waals surface area contributed by atoms with Crippen LogP contribution in [0.4, 0.5) is 5.69 Å². The minimum Gasteiger partial charge on any atom is -0.322 e. The van der Waals surface area contributed by atoms with Crippen LogP contribution in [0.1, 0.15) is 27.0 Å². The van der Waals surface area contributed by atoms with Gasteiger partial charge in [-0.2, -0.15) is 0 Å². The molecule has 0 aliphatic heterocycles. The largest absolute Gasteiger partial charge is 0.322 e. The molecule has 0 unspecified atom stereocenters. The summed E-state index contributed by atoms with van der Waals surface area (Å²) in [5, 5.41) is 2.80. The Bertz CT molecular complexity index is 819. The lowest BCUT2D eigenvalue weighted by molar-refractivity contribution is 0.102. The highest BCUT2D eigenvalue weighted by Gasteiger charge is 2.15. The van der Waals surface area contributed by atoms with Crippen molar-refractivity contribution in [2.45, 2.75) is 25.7 Å². The molecular weight excluding hydrogens is 298 g/mol. The fourth-order valence-electron chi connectivity index (χ4n) is 2.39. The lowest BCUT2D eigenvalue weighted by atomic mass is 10.1. The fraction of sp³-hybridized carbons (Fsp3) is 0.235. The summed E-state index contributed by atoms with van der Waals surface area (Å²) in [4.78, 5) is 12.5. The van der Waals surface area contributed by atoms with E-state index in [-0.39, 0.29) is 10.8 Å². The van der Waals surface area contributed by atoms with Gasteiger partial charge in [0.15, 0.2) is 9.84 Å². The first-order valence-corrected chi connectivity index (χ1v) is 8.76. The van der Waals surface area contributed by atoms with Crippen LogP contribution in [0.15, 0.2) is 41.3 Å². The third-order valence-electron chi connectivity index (χ3n) is 3.33. The third kappa shape index (κ3) is 3.74. The minimum atomic E-state index is -3.36. The van der Waals surface area contributed by atoms with E-state index >= 15 is 0 Å². The minimum absolute atomic E-state index is 0.181. The molecule has 0 saturated heterocycles. The standard InChI is InChI=1S/C17H19NO3S/c1-11-7-12(2)9-15(8-11)18-17(19)14-6-5-13(3)16(10-14)22(4,20)21/h5-10H,1-4H3,(H,18,19). The van der Waals surface area contributed by atoms with E-state index in [0.29, 0.717) is 16.8 Å². The smallest absolute Gasteiger partial charge is 0.255 e. The van der Waals surface area contributed by atoms with E-state index in [4.69, 9.17) is 0 Å². The molecule has 1 N–H and O–H groups in total. The first-order valence-electron chi connectivity index (χ1n) is 6.87. The molecule has 0 aromatic heterocycles. The van der Waals surface area contributed by atoms with Crippen molar-refractivity contribution in [2.75, 3.05) is 11.6 Å². The number of benzene rings is 2. The first-order chi connectivity index (χ1) is 10.2. The van der Waals surface area contributed by atoms with Crippen molar-refractivity contribution >= 4 is 21.4 Å². The molecular formula is C17H19NO3S. The quantitative estimate of drug-likeness (QED) is 0.945. The normalized spacial score (nSPS) is 11.3. The van der Waals surface area contributed by atoms with Gasteiger partial charge in [0, 0.05) is 17.5 Å². The van der Waals surface area contributed by atoms with Crippen LogP contribution in [0, 0.1) is 20.8 Å². The molecule has 0 spiro atoms. The van der Waals surface area contributed by atoms with Crippen LogP contribution < -0.4 is 5.32 Å². The number of amides is 1. The zero-order valence-corrected chi connectivity index (χ0v) is 13.9. The van der Waals surface area contributed by atoms with Gasteiger partial charge in [-0.3, -0.25) is 4.79 Å². The van der Waals surface area contributed by atoms with Crippen molar-refractivity contribution in [1.82, 2.24) is 0 Å². The first kappa shape index (κ1) is 16.2. The lowest BCUT2D eigenvalue weighted by Gasteiger charge is -2.10. The maximum absolute atomic E-state index is 12.3.